The zero-order valence-electron chi connectivity index (χ0n) is 15.8. The number of aliphatic imine (C=N–C) groups is 1. The van der Waals surface area contributed by atoms with Crippen molar-refractivity contribution in [3.63, 3.8) is 0 Å². The van der Waals surface area contributed by atoms with Crippen molar-refractivity contribution in [2.45, 2.75) is 18.9 Å². The number of piperidine rings is 1. The summed E-state index contributed by atoms with van der Waals surface area (Å²) in [5.74, 6) is 1.24. The van der Waals surface area contributed by atoms with Gasteiger partial charge in [-0.05, 0) is 43.8 Å². The quantitative estimate of drug-likeness (QED) is 0.627. The van der Waals surface area contributed by atoms with E-state index in [0.717, 1.165) is 44.4 Å². The summed E-state index contributed by atoms with van der Waals surface area (Å²) < 4.78 is 0. The average molecular weight is 405 g/mol. The number of rotatable bonds is 4. The van der Waals surface area contributed by atoms with E-state index in [0.29, 0.717) is 17.9 Å². The minimum atomic E-state index is 0.469. The molecule has 8 heteroatoms. The van der Waals surface area contributed by atoms with Crippen LogP contribution in [0.4, 0.5) is 5.13 Å². The number of guanidine groups is 1. The Kier molecular flexibility index (Phi) is 5.95. The van der Waals surface area contributed by atoms with Crippen LogP contribution in [0.25, 0.3) is 0 Å². The molecule has 146 valence electrons. The third-order valence-electron chi connectivity index (χ3n) is 5.62. The molecule has 2 aliphatic rings. The average Bonchev–Trinajstić information content (AvgIpc) is 3.40. The second-order valence-corrected chi connectivity index (χ2v) is 9.18. The number of likely N-dealkylation sites (tertiary alicyclic amines) is 1. The standard InChI is InChI=1S/C19H28N6S2/c1-23-7-2-4-15(17(23)16-5-3-12-26-16)14-22-18(20)24-8-10-25(11-9-24)19-21-6-13-27-19/h3,5-6,12-13,15,17H,2,4,7-11,14H2,1H3,(H2,20,22). The Morgan fingerprint density at radius 1 is 1.22 bits per heavy atom. The molecule has 2 aromatic heterocycles. The Hall–Kier alpha value is -1.64. The van der Waals surface area contributed by atoms with Gasteiger partial charge in [0.1, 0.15) is 0 Å². The monoisotopic (exact) mass is 404 g/mol. The summed E-state index contributed by atoms with van der Waals surface area (Å²) in [6.45, 7) is 5.70. The van der Waals surface area contributed by atoms with Gasteiger partial charge in [-0.3, -0.25) is 9.89 Å². The highest BCUT2D eigenvalue weighted by Gasteiger charge is 2.31. The molecule has 0 bridgehead atoms. The second-order valence-electron chi connectivity index (χ2n) is 7.33. The van der Waals surface area contributed by atoms with Crippen LogP contribution in [0.15, 0.2) is 34.1 Å². The van der Waals surface area contributed by atoms with Gasteiger partial charge in [-0.1, -0.05) is 6.07 Å². The molecule has 4 rings (SSSR count). The lowest BCUT2D eigenvalue weighted by atomic mass is 9.88. The molecule has 2 unspecified atom stereocenters. The Morgan fingerprint density at radius 2 is 2.07 bits per heavy atom. The van der Waals surface area contributed by atoms with E-state index in [9.17, 15) is 0 Å². The van der Waals surface area contributed by atoms with Crippen LogP contribution in [0.1, 0.15) is 23.8 Å². The van der Waals surface area contributed by atoms with E-state index in [2.05, 4.69) is 44.2 Å². The molecule has 0 radical (unpaired) electrons. The van der Waals surface area contributed by atoms with Crippen LogP contribution in [-0.2, 0) is 0 Å². The molecule has 2 atom stereocenters. The van der Waals surface area contributed by atoms with Crippen molar-refractivity contribution in [1.29, 1.82) is 0 Å². The molecule has 0 aliphatic carbocycles. The second kappa shape index (κ2) is 8.58. The van der Waals surface area contributed by atoms with Gasteiger partial charge in [0, 0.05) is 55.2 Å². The van der Waals surface area contributed by atoms with Crippen molar-refractivity contribution < 1.29 is 0 Å². The highest BCUT2D eigenvalue weighted by atomic mass is 32.1. The lowest BCUT2D eigenvalue weighted by molar-refractivity contribution is 0.128. The zero-order chi connectivity index (χ0) is 18.6. The topological polar surface area (TPSA) is 61.0 Å². The molecular formula is C19H28N6S2. The number of anilines is 1. The molecule has 2 saturated heterocycles. The third-order valence-corrected chi connectivity index (χ3v) is 7.40. The molecular weight excluding hydrogens is 376 g/mol. The summed E-state index contributed by atoms with van der Waals surface area (Å²) in [5, 5.41) is 5.31. The van der Waals surface area contributed by atoms with Crippen LogP contribution < -0.4 is 10.6 Å². The summed E-state index contributed by atoms with van der Waals surface area (Å²) in [5.41, 5.74) is 6.36. The van der Waals surface area contributed by atoms with Crippen molar-refractivity contribution in [2.75, 3.05) is 51.2 Å². The number of nitrogens with two attached hydrogens (primary N) is 1. The number of hydrogen-bond donors (Lipinski definition) is 1. The molecule has 2 N–H and O–H groups in total. The van der Waals surface area contributed by atoms with Crippen LogP contribution >= 0.6 is 22.7 Å². The molecule has 0 aromatic carbocycles. The van der Waals surface area contributed by atoms with E-state index in [1.807, 2.05) is 22.9 Å². The van der Waals surface area contributed by atoms with E-state index in [-0.39, 0.29) is 0 Å². The van der Waals surface area contributed by atoms with Crippen LogP contribution in [0.5, 0.6) is 0 Å². The maximum Gasteiger partial charge on any atom is 0.191 e. The van der Waals surface area contributed by atoms with Crippen LogP contribution in [0.2, 0.25) is 0 Å². The highest BCUT2D eigenvalue weighted by molar-refractivity contribution is 7.13. The predicted molar refractivity (Wildman–Crippen MR) is 115 cm³/mol. The van der Waals surface area contributed by atoms with Crippen LogP contribution in [0.3, 0.4) is 0 Å². The summed E-state index contributed by atoms with van der Waals surface area (Å²) in [4.78, 5) is 17.7. The number of thiophene rings is 1. The smallest absolute Gasteiger partial charge is 0.191 e. The van der Waals surface area contributed by atoms with Gasteiger partial charge in [0.2, 0.25) is 0 Å². The first-order chi connectivity index (χ1) is 13.2. The van der Waals surface area contributed by atoms with Crippen LogP contribution in [0, 0.1) is 5.92 Å². The lowest BCUT2D eigenvalue weighted by Gasteiger charge is -2.38. The molecule has 2 aromatic rings. The van der Waals surface area contributed by atoms with E-state index < -0.39 is 0 Å². The van der Waals surface area contributed by atoms with Gasteiger partial charge in [0.15, 0.2) is 11.1 Å². The van der Waals surface area contributed by atoms with Gasteiger partial charge in [-0.2, -0.15) is 0 Å². The Morgan fingerprint density at radius 3 is 2.78 bits per heavy atom. The first-order valence-corrected chi connectivity index (χ1v) is 11.4. The third kappa shape index (κ3) is 4.28. The first-order valence-electron chi connectivity index (χ1n) is 9.65. The number of piperazine rings is 1. The Labute approximate surface area is 169 Å². The zero-order valence-corrected chi connectivity index (χ0v) is 17.5. The fraction of sp³-hybridized carbons (Fsp3) is 0.579. The molecule has 2 aliphatic heterocycles. The summed E-state index contributed by atoms with van der Waals surface area (Å²) >= 11 is 3.55. The van der Waals surface area contributed by atoms with E-state index >= 15 is 0 Å². The molecule has 4 heterocycles. The number of aromatic nitrogens is 1. The summed E-state index contributed by atoms with van der Waals surface area (Å²) in [7, 11) is 2.24. The van der Waals surface area contributed by atoms with E-state index in [4.69, 9.17) is 10.7 Å². The van der Waals surface area contributed by atoms with Gasteiger partial charge >= 0.3 is 0 Å². The van der Waals surface area contributed by atoms with E-state index in [1.54, 1.807) is 11.3 Å². The number of nitrogens with zero attached hydrogens (tertiary/aromatic N) is 5. The fourth-order valence-electron chi connectivity index (χ4n) is 4.17. The van der Waals surface area contributed by atoms with E-state index in [1.165, 1.54) is 17.7 Å². The number of thiazole rings is 1. The van der Waals surface area contributed by atoms with Crippen molar-refractivity contribution in [2.24, 2.45) is 16.6 Å². The predicted octanol–water partition coefficient (Wildman–Crippen LogP) is 2.72. The first kappa shape index (κ1) is 18.7. The molecule has 27 heavy (non-hydrogen) atoms. The molecule has 0 saturated carbocycles. The van der Waals surface area contributed by atoms with Gasteiger partial charge < -0.3 is 15.5 Å². The Balaban J connectivity index is 1.35. The largest absolute Gasteiger partial charge is 0.370 e. The van der Waals surface area contributed by atoms with Crippen molar-refractivity contribution >= 4 is 33.8 Å². The fourth-order valence-corrected chi connectivity index (χ4v) is 5.85. The maximum absolute atomic E-state index is 6.36. The van der Waals surface area contributed by atoms with Crippen molar-refractivity contribution in [3.05, 3.63) is 34.0 Å². The molecule has 0 amide bonds. The summed E-state index contributed by atoms with van der Waals surface area (Å²) in [6.07, 6.45) is 4.33. The summed E-state index contributed by atoms with van der Waals surface area (Å²) in [6, 6.07) is 4.88. The Bertz CT molecular complexity index is 721. The SMILES string of the molecule is CN1CCCC(CN=C(N)N2CCN(c3nccs3)CC2)C1c1cccs1. The van der Waals surface area contributed by atoms with Gasteiger partial charge in [0.05, 0.1) is 0 Å². The van der Waals surface area contributed by atoms with Gasteiger partial charge in [0.25, 0.3) is 0 Å². The normalized spacial score (nSPS) is 25.1. The highest BCUT2D eigenvalue weighted by Crippen LogP contribution is 2.37. The minimum Gasteiger partial charge on any atom is -0.370 e. The lowest BCUT2D eigenvalue weighted by Crippen LogP contribution is -2.51. The maximum atomic E-state index is 6.36. The molecule has 2 fully saturated rings. The molecule has 6 nitrogen and oxygen atoms in total. The molecule has 0 spiro atoms. The van der Waals surface area contributed by atoms with Gasteiger partial charge in [-0.25, -0.2) is 4.98 Å². The van der Waals surface area contributed by atoms with Gasteiger partial charge in [-0.15, -0.1) is 22.7 Å². The number of hydrogen-bond acceptors (Lipinski definition) is 6. The van der Waals surface area contributed by atoms with Crippen LogP contribution in [-0.4, -0.2) is 67.1 Å². The van der Waals surface area contributed by atoms with Crippen molar-refractivity contribution in [1.82, 2.24) is 14.8 Å². The van der Waals surface area contributed by atoms with Crippen molar-refractivity contribution in [3.8, 4) is 0 Å². The minimum absolute atomic E-state index is 0.469.